The number of aromatic carboxylic acids is 1. The van der Waals surface area contributed by atoms with E-state index in [9.17, 15) is 14.7 Å². The smallest absolute Gasteiger partial charge is 0.375 e. The molecule has 0 radical (unpaired) electrons. The van der Waals surface area contributed by atoms with Crippen LogP contribution in [0.5, 0.6) is 0 Å². The van der Waals surface area contributed by atoms with Crippen molar-refractivity contribution >= 4 is 46.5 Å². The van der Waals surface area contributed by atoms with Crippen LogP contribution in [0.2, 0.25) is 5.02 Å². The van der Waals surface area contributed by atoms with Crippen LogP contribution in [0.3, 0.4) is 0 Å². The first-order chi connectivity index (χ1) is 13.9. The lowest BCUT2D eigenvalue weighted by molar-refractivity contribution is 0.0527. The summed E-state index contributed by atoms with van der Waals surface area (Å²) in [6, 6.07) is 11.7. The van der Waals surface area contributed by atoms with Crippen molar-refractivity contribution in [3.8, 4) is 5.69 Å². The molecular weight excluding hydrogens is 419 g/mol. The van der Waals surface area contributed by atoms with Crippen LogP contribution in [0.1, 0.15) is 33.7 Å². The molecule has 0 saturated carbocycles. The van der Waals surface area contributed by atoms with Gasteiger partial charge in [0.05, 0.1) is 35.1 Å². The van der Waals surface area contributed by atoms with Gasteiger partial charge in [-0.1, -0.05) is 23.7 Å². The van der Waals surface area contributed by atoms with Gasteiger partial charge in [0.1, 0.15) is 5.82 Å². The Kier molecular flexibility index (Phi) is 6.36. The minimum absolute atomic E-state index is 0.0538. The zero-order valence-corrected chi connectivity index (χ0v) is 16.7. The van der Waals surface area contributed by atoms with Gasteiger partial charge < -0.3 is 15.2 Å². The predicted octanol–water partition coefficient (Wildman–Crippen LogP) is 4.28. The van der Waals surface area contributed by atoms with Crippen molar-refractivity contribution in [1.29, 1.82) is 0 Å². The first kappa shape index (κ1) is 20.6. The lowest BCUT2D eigenvalue weighted by Gasteiger charge is -2.15. The molecule has 1 aromatic heterocycles. The van der Waals surface area contributed by atoms with Crippen LogP contribution >= 0.6 is 23.2 Å². The number of alkyl halides is 1. The van der Waals surface area contributed by atoms with E-state index in [0.717, 1.165) is 0 Å². The molecule has 1 heterocycles. The molecule has 2 N–H and O–H groups in total. The first-order valence-electron chi connectivity index (χ1n) is 8.52. The quantitative estimate of drug-likeness (QED) is 0.422. The number of carboxylic acids is 1. The number of esters is 1. The number of para-hydroxylation sites is 1. The highest BCUT2D eigenvalue weighted by Gasteiger charge is 2.19. The zero-order chi connectivity index (χ0) is 21.0. The second-order valence-corrected chi connectivity index (χ2v) is 6.46. The van der Waals surface area contributed by atoms with Gasteiger partial charge in [-0.15, -0.1) is 16.7 Å². The molecule has 29 heavy (non-hydrogen) atoms. The van der Waals surface area contributed by atoms with Gasteiger partial charge in [-0.25, -0.2) is 19.3 Å². The number of halogens is 2. The predicted molar refractivity (Wildman–Crippen MR) is 109 cm³/mol. The number of aromatic nitrogens is 3. The molecule has 3 aromatic rings. The van der Waals surface area contributed by atoms with Crippen molar-refractivity contribution < 1.29 is 19.4 Å². The van der Waals surface area contributed by atoms with Crippen molar-refractivity contribution in [2.45, 2.75) is 12.8 Å². The van der Waals surface area contributed by atoms with Crippen LogP contribution < -0.4 is 5.32 Å². The third-order valence-electron chi connectivity index (χ3n) is 3.86. The number of nitrogens with one attached hydrogen (secondary N) is 1. The Bertz CT molecular complexity index is 1070. The highest BCUT2D eigenvalue weighted by atomic mass is 35.5. The minimum atomic E-state index is -1.27. The Hall–Kier alpha value is -3.10. The summed E-state index contributed by atoms with van der Waals surface area (Å²) in [6.45, 7) is 1.97. The standard InChI is InChI=1S/C19H16Cl2N4O4/c1-2-29-19(28)12-5-3-4-6-13(12)22-14-9-11(21)7-8-15(14)25-16(10-20)23-17(24-25)18(26)27/h3-9,22H,2,10H2,1H3,(H,26,27). The fourth-order valence-electron chi connectivity index (χ4n) is 2.63. The van der Waals surface area contributed by atoms with Crippen LogP contribution in [0.25, 0.3) is 5.69 Å². The Morgan fingerprint density at radius 3 is 2.66 bits per heavy atom. The normalized spacial score (nSPS) is 10.6. The van der Waals surface area contributed by atoms with Crippen molar-refractivity contribution in [3.05, 3.63) is 64.7 Å². The number of hydrogen-bond acceptors (Lipinski definition) is 6. The number of carbonyl (C=O) groups is 2. The maximum atomic E-state index is 12.3. The summed E-state index contributed by atoms with van der Waals surface area (Å²) in [6.07, 6.45) is 0. The number of carboxylic acid groups (broad SMARTS) is 1. The molecule has 0 spiro atoms. The van der Waals surface area contributed by atoms with Gasteiger partial charge in [0.15, 0.2) is 0 Å². The second-order valence-electron chi connectivity index (χ2n) is 5.75. The molecule has 0 saturated heterocycles. The third kappa shape index (κ3) is 4.49. The molecule has 0 amide bonds. The van der Waals surface area contributed by atoms with Crippen LogP contribution in [-0.4, -0.2) is 38.4 Å². The van der Waals surface area contributed by atoms with E-state index in [-0.39, 0.29) is 24.1 Å². The van der Waals surface area contributed by atoms with E-state index < -0.39 is 11.9 Å². The molecule has 0 bridgehead atoms. The van der Waals surface area contributed by atoms with Gasteiger partial charge in [-0.3, -0.25) is 0 Å². The summed E-state index contributed by atoms with van der Waals surface area (Å²) < 4.78 is 6.42. The molecule has 0 fully saturated rings. The van der Waals surface area contributed by atoms with Gasteiger partial charge >= 0.3 is 11.9 Å². The van der Waals surface area contributed by atoms with Gasteiger partial charge in [-0.2, -0.15) is 0 Å². The molecule has 0 aliphatic heterocycles. The van der Waals surface area contributed by atoms with Crippen LogP contribution in [0.15, 0.2) is 42.5 Å². The largest absolute Gasteiger partial charge is 0.475 e. The Morgan fingerprint density at radius 2 is 1.97 bits per heavy atom. The molecule has 3 rings (SSSR count). The van der Waals surface area contributed by atoms with E-state index >= 15 is 0 Å². The van der Waals surface area contributed by atoms with Crippen molar-refractivity contribution in [2.75, 3.05) is 11.9 Å². The molecule has 0 aliphatic carbocycles. The first-order valence-corrected chi connectivity index (χ1v) is 9.44. The Balaban J connectivity index is 2.09. The Labute approximate surface area is 176 Å². The number of rotatable bonds is 7. The number of hydrogen-bond donors (Lipinski definition) is 2. The monoisotopic (exact) mass is 434 g/mol. The fraction of sp³-hybridized carbons (Fsp3) is 0.158. The molecule has 10 heteroatoms. The summed E-state index contributed by atoms with van der Waals surface area (Å²) in [5.41, 5.74) is 1.76. The summed E-state index contributed by atoms with van der Waals surface area (Å²) in [5.74, 6) is -1.94. The van der Waals surface area contributed by atoms with Crippen LogP contribution in [-0.2, 0) is 10.6 Å². The second kappa shape index (κ2) is 8.93. The van der Waals surface area contributed by atoms with E-state index in [2.05, 4.69) is 15.4 Å². The van der Waals surface area contributed by atoms with Crippen LogP contribution in [0, 0.1) is 0 Å². The van der Waals surface area contributed by atoms with Crippen molar-refractivity contribution in [3.63, 3.8) is 0 Å². The van der Waals surface area contributed by atoms with E-state index in [0.29, 0.717) is 27.6 Å². The van der Waals surface area contributed by atoms with Crippen LogP contribution in [0.4, 0.5) is 11.4 Å². The number of ether oxygens (including phenoxy) is 1. The van der Waals surface area contributed by atoms with Crippen molar-refractivity contribution in [2.24, 2.45) is 0 Å². The number of nitrogens with zero attached hydrogens (tertiary/aromatic N) is 3. The summed E-state index contributed by atoms with van der Waals surface area (Å²) >= 11 is 12.1. The highest BCUT2D eigenvalue weighted by molar-refractivity contribution is 6.31. The minimum Gasteiger partial charge on any atom is -0.475 e. The average Bonchev–Trinajstić information content (AvgIpc) is 3.13. The molecule has 150 valence electrons. The lowest BCUT2D eigenvalue weighted by atomic mass is 10.1. The molecular formula is C19H16Cl2N4O4. The van der Waals surface area contributed by atoms with E-state index in [1.165, 1.54) is 4.68 Å². The van der Waals surface area contributed by atoms with E-state index in [1.807, 2.05) is 0 Å². The van der Waals surface area contributed by atoms with E-state index in [4.69, 9.17) is 27.9 Å². The Morgan fingerprint density at radius 1 is 1.21 bits per heavy atom. The van der Waals surface area contributed by atoms with Gasteiger partial charge in [-0.05, 0) is 37.3 Å². The molecule has 0 aliphatic rings. The van der Waals surface area contributed by atoms with Crippen molar-refractivity contribution in [1.82, 2.24) is 14.8 Å². The third-order valence-corrected chi connectivity index (χ3v) is 4.34. The number of anilines is 2. The topological polar surface area (TPSA) is 106 Å². The molecule has 2 aromatic carbocycles. The van der Waals surface area contributed by atoms with Gasteiger partial charge in [0.2, 0.25) is 0 Å². The summed E-state index contributed by atoms with van der Waals surface area (Å²) in [5, 5.41) is 16.8. The molecule has 0 unspecified atom stereocenters. The zero-order valence-electron chi connectivity index (χ0n) is 15.2. The summed E-state index contributed by atoms with van der Waals surface area (Å²) in [7, 11) is 0. The average molecular weight is 435 g/mol. The maximum Gasteiger partial charge on any atom is 0.375 e. The molecule has 0 atom stereocenters. The van der Waals surface area contributed by atoms with Gasteiger partial charge in [0, 0.05) is 5.02 Å². The molecule has 8 nitrogen and oxygen atoms in total. The number of carbonyl (C=O) groups excluding carboxylic acids is 1. The highest BCUT2D eigenvalue weighted by Crippen LogP contribution is 2.30. The maximum absolute atomic E-state index is 12.3. The lowest BCUT2D eigenvalue weighted by Crippen LogP contribution is -2.10. The SMILES string of the molecule is CCOC(=O)c1ccccc1Nc1cc(Cl)ccc1-n1nc(C(=O)O)nc1CCl. The number of benzene rings is 2. The van der Waals surface area contributed by atoms with E-state index in [1.54, 1.807) is 49.4 Å². The fourth-order valence-corrected chi connectivity index (χ4v) is 2.98. The van der Waals surface area contributed by atoms with Gasteiger partial charge in [0.25, 0.3) is 5.82 Å². The summed E-state index contributed by atoms with van der Waals surface area (Å²) in [4.78, 5) is 27.4.